The molecule has 0 saturated heterocycles. The van der Waals surface area contributed by atoms with Crippen LogP contribution in [0.25, 0.3) is 10.2 Å². The maximum Gasteiger partial charge on any atom is 0.225 e. The maximum absolute atomic E-state index is 5.58. The van der Waals surface area contributed by atoms with Crippen LogP contribution in [0.5, 0.6) is 0 Å². The van der Waals surface area contributed by atoms with Crippen molar-refractivity contribution in [1.29, 1.82) is 0 Å². The van der Waals surface area contributed by atoms with Crippen molar-refractivity contribution in [3.05, 3.63) is 10.9 Å². The second-order valence-electron chi connectivity index (χ2n) is 5.38. The third-order valence-corrected chi connectivity index (χ3v) is 4.31. The number of nitrogens with one attached hydrogen (secondary N) is 2. The third kappa shape index (κ3) is 3.83. The van der Waals surface area contributed by atoms with Gasteiger partial charge in [0.2, 0.25) is 5.95 Å². The van der Waals surface area contributed by atoms with Crippen LogP contribution in [0, 0.1) is 12.8 Å². The molecular formula is C15H24N4OS. The number of aryl methyl sites for hydroxylation is 1. The van der Waals surface area contributed by atoms with Gasteiger partial charge in [0.05, 0.1) is 18.0 Å². The Labute approximate surface area is 130 Å². The fourth-order valence-electron chi connectivity index (χ4n) is 2.08. The van der Waals surface area contributed by atoms with Gasteiger partial charge in [-0.1, -0.05) is 13.8 Å². The van der Waals surface area contributed by atoms with Crippen LogP contribution in [0.3, 0.4) is 0 Å². The topological polar surface area (TPSA) is 59.1 Å². The van der Waals surface area contributed by atoms with Gasteiger partial charge >= 0.3 is 0 Å². The summed E-state index contributed by atoms with van der Waals surface area (Å²) in [5, 5.41) is 7.64. The minimum Gasteiger partial charge on any atom is -0.380 e. The number of thiophene rings is 1. The molecule has 0 radical (unpaired) electrons. The van der Waals surface area contributed by atoms with E-state index in [0.717, 1.165) is 22.6 Å². The van der Waals surface area contributed by atoms with Gasteiger partial charge in [0.1, 0.15) is 10.6 Å². The zero-order valence-electron chi connectivity index (χ0n) is 13.4. The molecule has 2 aromatic heterocycles. The Morgan fingerprint density at radius 3 is 2.71 bits per heavy atom. The molecule has 0 fully saturated rings. The van der Waals surface area contributed by atoms with E-state index in [-0.39, 0.29) is 6.04 Å². The highest BCUT2D eigenvalue weighted by Crippen LogP contribution is 2.30. The van der Waals surface area contributed by atoms with E-state index in [9.17, 15) is 0 Å². The molecule has 1 atom stereocenters. The Balaban J connectivity index is 2.34. The fraction of sp³-hybridized carbons (Fsp3) is 0.600. The molecule has 0 aromatic carbocycles. The molecule has 2 heterocycles. The Bertz CT molecular complexity index is 597. The molecule has 0 spiro atoms. The van der Waals surface area contributed by atoms with Gasteiger partial charge in [-0.15, -0.1) is 11.3 Å². The van der Waals surface area contributed by atoms with Gasteiger partial charge in [-0.2, -0.15) is 4.98 Å². The lowest BCUT2D eigenvalue weighted by Crippen LogP contribution is -2.31. The summed E-state index contributed by atoms with van der Waals surface area (Å²) in [5.74, 6) is 1.98. The molecule has 5 nitrogen and oxygen atoms in total. The van der Waals surface area contributed by atoms with Gasteiger partial charge in [0, 0.05) is 18.5 Å². The quantitative estimate of drug-likeness (QED) is 0.819. The highest BCUT2D eigenvalue weighted by molar-refractivity contribution is 7.18. The summed E-state index contributed by atoms with van der Waals surface area (Å²) in [6.45, 7) is 9.89. The highest BCUT2D eigenvalue weighted by Gasteiger charge is 2.17. The summed E-state index contributed by atoms with van der Waals surface area (Å²) in [4.78, 5) is 11.3. The summed E-state index contributed by atoms with van der Waals surface area (Å²) in [7, 11) is 1.84. The summed E-state index contributed by atoms with van der Waals surface area (Å²) in [5.41, 5.74) is 0. The molecule has 2 rings (SSSR count). The van der Waals surface area contributed by atoms with E-state index >= 15 is 0 Å². The van der Waals surface area contributed by atoms with Crippen LogP contribution >= 0.6 is 11.3 Å². The summed E-state index contributed by atoms with van der Waals surface area (Å²) in [6, 6.07) is 2.37. The predicted octanol–water partition coefficient (Wildman–Crippen LogP) is 3.51. The van der Waals surface area contributed by atoms with E-state index in [1.165, 1.54) is 4.88 Å². The lowest BCUT2D eigenvalue weighted by molar-refractivity contribution is 0.126. The van der Waals surface area contributed by atoms with Crippen molar-refractivity contribution in [2.24, 2.45) is 5.92 Å². The molecule has 0 saturated carbocycles. The molecule has 0 aliphatic carbocycles. The first-order valence-electron chi connectivity index (χ1n) is 7.35. The Kier molecular flexibility index (Phi) is 5.36. The van der Waals surface area contributed by atoms with E-state index < -0.39 is 0 Å². The first kappa shape index (κ1) is 16.0. The molecular weight excluding hydrogens is 284 g/mol. The van der Waals surface area contributed by atoms with Crippen molar-refractivity contribution in [2.45, 2.75) is 33.7 Å². The minimum atomic E-state index is 0.230. The van der Waals surface area contributed by atoms with Crippen molar-refractivity contribution in [2.75, 3.05) is 30.9 Å². The average Bonchev–Trinajstić information content (AvgIpc) is 2.83. The summed E-state index contributed by atoms with van der Waals surface area (Å²) < 4.78 is 5.58. The van der Waals surface area contributed by atoms with Gasteiger partial charge in [0.15, 0.2) is 0 Å². The van der Waals surface area contributed by atoms with Crippen LogP contribution in [-0.4, -0.2) is 36.3 Å². The van der Waals surface area contributed by atoms with Gasteiger partial charge in [-0.25, -0.2) is 4.98 Å². The minimum absolute atomic E-state index is 0.230. The first-order valence-corrected chi connectivity index (χ1v) is 8.17. The van der Waals surface area contributed by atoms with E-state index in [1.807, 2.05) is 14.0 Å². The number of hydrogen-bond donors (Lipinski definition) is 2. The highest BCUT2D eigenvalue weighted by atomic mass is 32.1. The maximum atomic E-state index is 5.58. The monoisotopic (exact) mass is 308 g/mol. The number of anilines is 2. The number of ether oxygens (including phenoxy) is 1. The van der Waals surface area contributed by atoms with Crippen LogP contribution in [0.1, 0.15) is 25.6 Å². The van der Waals surface area contributed by atoms with Crippen molar-refractivity contribution >= 4 is 33.3 Å². The van der Waals surface area contributed by atoms with Crippen LogP contribution in [0.2, 0.25) is 0 Å². The molecule has 0 aliphatic heterocycles. The van der Waals surface area contributed by atoms with Crippen LogP contribution in [0.15, 0.2) is 6.07 Å². The zero-order chi connectivity index (χ0) is 15.4. The number of nitrogens with zero attached hydrogens (tertiary/aromatic N) is 2. The first-order chi connectivity index (χ1) is 10.0. The molecule has 0 bridgehead atoms. The van der Waals surface area contributed by atoms with Crippen LogP contribution in [-0.2, 0) is 4.74 Å². The molecule has 6 heteroatoms. The largest absolute Gasteiger partial charge is 0.380 e. The van der Waals surface area contributed by atoms with Crippen molar-refractivity contribution in [3.8, 4) is 0 Å². The molecule has 2 N–H and O–H groups in total. The van der Waals surface area contributed by atoms with Crippen molar-refractivity contribution < 1.29 is 4.74 Å². The normalized spacial score (nSPS) is 12.9. The Hall–Kier alpha value is -1.40. The number of aromatic nitrogens is 2. The average molecular weight is 308 g/mol. The van der Waals surface area contributed by atoms with E-state index in [1.54, 1.807) is 11.3 Å². The van der Waals surface area contributed by atoms with Gasteiger partial charge < -0.3 is 15.4 Å². The summed E-state index contributed by atoms with van der Waals surface area (Å²) in [6.07, 6.45) is 0. The predicted molar refractivity (Wildman–Crippen MR) is 90.4 cm³/mol. The second kappa shape index (κ2) is 7.04. The second-order valence-corrected chi connectivity index (χ2v) is 6.61. The number of rotatable bonds is 7. The van der Waals surface area contributed by atoms with E-state index in [0.29, 0.717) is 18.5 Å². The van der Waals surface area contributed by atoms with Crippen molar-refractivity contribution in [3.63, 3.8) is 0 Å². The standard InChI is InChI=1S/C15H24N4OS/c1-6-20-8-12(9(2)3)17-13-11-7-10(4)21-14(11)19-15(16-5)18-13/h7,9,12H,6,8H2,1-5H3,(H2,16,17,18,19). The summed E-state index contributed by atoms with van der Waals surface area (Å²) >= 11 is 1.69. The van der Waals surface area contributed by atoms with Gasteiger partial charge in [-0.05, 0) is 25.8 Å². The number of hydrogen-bond acceptors (Lipinski definition) is 6. The molecule has 2 aromatic rings. The molecule has 0 amide bonds. The number of fused-ring (bicyclic) bond motifs is 1. The van der Waals surface area contributed by atoms with Gasteiger partial charge in [0.25, 0.3) is 0 Å². The Morgan fingerprint density at radius 2 is 2.10 bits per heavy atom. The van der Waals surface area contributed by atoms with Gasteiger partial charge in [-0.3, -0.25) is 0 Å². The smallest absolute Gasteiger partial charge is 0.225 e. The SMILES string of the molecule is CCOCC(Nc1nc(NC)nc2sc(C)cc12)C(C)C. The van der Waals surface area contributed by atoms with E-state index in [2.05, 4.69) is 47.4 Å². The zero-order valence-corrected chi connectivity index (χ0v) is 14.2. The lowest BCUT2D eigenvalue weighted by atomic mass is 10.1. The lowest BCUT2D eigenvalue weighted by Gasteiger charge is -2.23. The Morgan fingerprint density at radius 1 is 1.33 bits per heavy atom. The molecule has 21 heavy (non-hydrogen) atoms. The molecule has 1 unspecified atom stereocenters. The van der Waals surface area contributed by atoms with E-state index in [4.69, 9.17) is 4.74 Å². The van der Waals surface area contributed by atoms with Crippen LogP contribution in [0.4, 0.5) is 11.8 Å². The molecule has 0 aliphatic rings. The third-order valence-electron chi connectivity index (χ3n) is 3.37. The van der Waals surface area contributed by atoms with Crippen molar-refractivity contribution in [1.82, 2.24) is 9.97 Å². The fourth-order valence-corrected chi connectivity index (χ4v) is 2.96. The van der Waals surface area contributed by atoms with Crippen LogP contribution < -0.4 is 10.6 Å². The molecule has 116 valence electrons.